The summed E-state index contributed by atoms with van der Waals surface area (Å²) in [5.74, 6) is -2.83. The van der Waals surface area contributed by atoms with Gasteiger partial charge in [0.2, 0.25) is 11.8 Å². The van der Waals surface area contributed by atoms with E-state index in [1.165, 1.54) is 23.8 Å². The summed E-state index contributed by atoms with van der Waals surface area (Å²) in [5, 5.41) is 14.7. The smallest absolute Gasteiger partial charge is 0.409 e. The van der Waals surface area contributed by atoms with E-state index >= 15 is 0 Å². The van der Waals surface area contributed by atoms with E-state index in [2.05, 4.69) is 5.32 Å². The van der Waals surface area contributed by atoms with Crippen molar-refractivity contribution in [2.45, 2.75) is 159 Å². The van der Waals surface area contributed by atoms with Crippen molar-refractivity contribution in [1.82, 2.24) is 10.2 Å². The van der Waals surface area contributed by atoms with Gasteiger partial charge in [-0.15, -0.1) is 0 Å². The number of amides is 3. The maximum Gasteiger partial charge on any atom is 0.409 e. The molecule has 2 N–H and O–H groups in total. The quantitative estimate of drug-likeness (QED) is 0.0832. The highest BCUT2D eigenvalue weighted by Crippen LogP contribution is 2.49. The predicted molar refractivity (Wildman–Crippen MR) is 244 cm³/mol. The number of ether oxygens (including phenoxy) is 3. The molecule has 2 fully saturated rings. The fourth-order valence-corrected chi connectivity index (χ4v) is 12.3. The lowest BCUT2D eigenvalue weighted by atomic mass is 9.82. The number of hydrogen-bond donors (Lipinski definition) is 2. The number of esters is 1. The molecule has 0 saturated carbocycles. The summed E-state index contributed by atoms with van der Waals surface area (Å²) < 4.78 is 51.9. The average molecular weight is 958 g/mol. The molecule has 63 heavy (non-hydrogen) atoms. The molecule has 15 nitrogen and oxygen atoms in total. The molecule has 3 aliphatic rings. The Morgan fingerprint density at radius 1 is 1.19 bits per heavy atom. The minimum atomic E-state index is -4.69. The molecular formula is C44H63ClN3O12S3-. The van der Waals surface area contributed by atoms with Crippen LogP contribution in [0, 0.1) is 18.8 Å². The fourth-order valence-electron chi connectivity index (χ4n) is 7.67. The standard InChI is InChI=1S/C44H64ClN3O12S3/c1-12-31(49)16-17-37(63(55,56)57)61-62-42(7,8)19-18-35(50)47(10)29(6)40(52)59-34-23-36(51)48(11)32-22-30(21-26(3)38(32)45)20-25(2)14-13-15-27(4)44(54)24-33(58-41(53)46-44)28(5)39-43(34,9)60-39/h13-15,21-22,27-29,33-34,37,39,54H,12,16-20,23-24H2,1-11H3,(H,46,53)(H,55,56,57)/p-1/b15-13+,25-14+/t27-,28-,29+,33?,34+,37?,39+,43+,44+/m1/s1. The lowest BCUT2D eigenvalue weighted by molar-refractivity contribution is -0.162. The van der Waals surface area contributed by atoms with Crippen molar-refractivity contribution in [3.63, 3.8) is 0 Å². The Kier molecular flexibility index (Phi) is 17.5. The van der Waals surface area contributed by atoms with Gasteiger partial charge in [0.05, 0.1) is 23.2 Å². The van der Waals surface area contributed by atoms with Crippen molar-refractivity contribution >= 4 is 78.7 Å². The average Bonchev–Trinajstić information content (AvgIpc) is 3.90. The number of likely N-dealkylation sites (N-methyl/N-ethyl adjacent to an activating group) is 1. The minimum Gasteiger partial charge on any atom is -0.747 e. The normalized spacial score (nSPS) is 29.2. The van der Waals surface area contributed by atoms with E-state index in [0.29, 0.717) is 17.1 Å². The van der Waals surface area contributed by atoms with Gasteiger partial charge in [-0.25, -0.2) is 18.0 Å². The van der Waals surface area contributed by atoms with E-state index in [1.807, 2.05) is 44.2 Å². The number of nitrogens with zero attached hydrogens (tertiary/aromatic N) is 2. The number of anilines is 1. The number of carbonyl (C=O) groups is 5. The Bertz CT molecular complexity index is 2080. The first-order valence-corrected chi connectivity index (χ1v) is 25.2. The van der Waals surface area contributed by atoms with E-state index in [1.54, 1.807) is 48.6 Å². The maximum absolute atomic E-state index is 14.2. The molecular weight excluding hydrogens is 894 g/mol. The van der Waals surface area contributed by atoms with E-state index in [9.17, 15) is 42.0 Å². The van der Waals surface area contributed by atoms with Gasteiger partial charge in [0.15, 0.2) is 0 Å². The summed E-state index contributed by atoms with van der Waals surface area (Å²) in [5.41, 5.74) is 0.208. The zero-order valence-corrected chi connectivity index (χ0v) is 41.2. The van der Waals surface area contributed by atoms with Crippen LogP contribution in [-0.2, 0) is 49.9 Å². The summed E-state index contributed by atoms with van der Waals surface area (Å²) in [6, 6.07) is 2.67. The van der Waals surface area contributed by atoms with Crippen LogP contribution in [-0.4, -0.2) is 112 Å². The second-order valence-electron chi connectivity index (χ2n) is 17.9. The number of nitrogens with one attached hydrogen (secondary N) is 1. The number of alkyl carbamates (subject to hydrolysis) is 1. The van der Waals surface area contributed by atoms with Gasteiger partial charge in [0.25, 0.3) is 0 Å². The monoisotopic (exact) mass is 956 g/mol. The third-order valence-electron chi connectivity index (χ3n) is 12.4. The number of rotatable bonds is 14. The van der Waals surface area contributed by atoms with Crippen molar-refractivity contribution in [2.75, 3.05) is 19.0 Å². The number of hydrogen-bond acceptors (Lipinski definition) is 14. The molecule has 0 aromatic heterocycles. The van der Waals surface area contributed by atoms with Gasteiger partial charge in [-0.05, 0) is 78.0 Å². The summed E-state index contributed by atoms with van der Waals surface area (Å²) in [4.78, 5) is 69.1. The molecule has 0 radical (unpaired) electrons. The van der Waals surface area contributed by atoms with E-state index in [4.69, 9.17) is 25.8 Å². The van der Waals surface area contributed by atoms with Crippen molar-refractivity contribution in [1.29, 1.82) is 0 Å². The first-order valence-electron chi connectivity index (χ1n) is 21.2. The third kappa shape index (κ3) is 13.5. The van der Waals surface area contributed by atoms with Crippen LogP contribution < -0.4 is 10.2 Å². The first kappa shape index (κ1) is 52.5. The number of aryl methyl sites for hydroxylation is 1. The van der Waals surface area contributed by atoms with Crippen molar-refractivity contribution in [3.8, 4) is 0 Å². The number of fused-ring (bicyclic) bond motifs is 5. The molecule has 3 aliphatic heterocycles. The molecule has 9 atom stereocenters. The van der Waals surface area contributed by atoms with Crippen LogP contribution in [0.25, 0.3) is 0 Å². The molecule has 2 saturated heterocycles. The van der Waals surface area contributed by atoms with Crippen molar-refractivity contribution < 1.29 is 56.3 Å². The summed E-state index contributed by atoms with van der Waals surface area (Å²) in [7, 11) is 0.363. The van der Waals surface area contributed by atoms with Crippen molar-refractivity contribution in [3.05, 3.63) is 52.1 Å². The highest BCUT2D eigenvalue weighted by Gasteiger charge is 2.64. The van der Waals surface area contributed by atoms with Gasteiger partial charge >= 0.3 is 12.1 Å². The molecule has 19 heteroatoms. The van der Waals surface area contributed by atoms with Gasteiger partial charge in [-0.2, -0.15) is 0 Å². The highest BCUT2D eigenvalue weighted by atomic mass is 35.5. The number of allylic oxidation sites excluding steroid dienone is 3. The third-order valence-corrected chi connectivity index (χ3v) is 18.6. The van der Waals surface area contributed by atoms with Gasteiger partial charge in [-0.1, -0.05) is 83.8 Å². The zero-order chi connectivity index (χ0) is 47.4. The maximum atomic E-state index is 14.2. The molecule has 4 rings (SSSR count). The molecule has 4 bridgehead atoms. The predicted octanol–water partition coefficient (Wildman–Crippen LogP) is 7.01. The van der Waals surface area contributed by atoms with Crippen LogP contribution in [0.4, 0.5) is 10.5 Å². The molecule has 1 aromatic carbocycles. The Hall–Kier alpha value is -3.13. The van der Waals surface area contributed by atoms with E-state index in [-0.39, 0.29) is 50.7 Å². The fraction of sp³-hybridized carbons (Fsp3) is 0.659. The van der Waals surface area contributed by atoms with E-state index < -0.39 is 90.8 Å². The van der Waals surface area contributed by atoms with Crippen molar-refractivity contribution in [2.24, 2.45) is 11.8 Å². The van der Waals surface area contributed by atoms with Gasteiger partial charge < -0.3 is 33.7 Å². The number of Topliss-reactive ketones (excluding diaryl/α,β-unsaturated/α-hetero) is 1. The lowest BCUT2D eigenvalue weighted by Crippen LogP contribution is -2.60. The Labute approximate surface area is 384 Å². The number of carbonyl (C=O) groups excluding carboxylic acids is 5. The lowest BCUT2D eigenvalue weighted by Gasteiger charge is -2.41. The number of ketones is 1. The summed E-state index contributed by atoms with van der Waals surface area (Å²) in [6.07, 6.45) is 2.64. The second-order valence-corrected chi connectivity index (χ2v) is 23.3. The SMILES string of the molecule is CCC(=O)CCC(SSC(C)(C)CCC(=O)N(C)[C@@H](C)C(=O)O[C@H]1CC(=O)N(C)c2cc(cc(C)c2Cl)C/C(C)=C/C=C/[C@@H](C)[C@@]2(O)CC(OC(=O)N2)[C@@H](C)[C@@H]2O[C@@]12C)S(=O)(=O)[O-]. The highest BCUT2D eigenvalue weighted by molar-refractivity contribution is 8.78. The van der Waals surface area contributed by atoms with Crippen LogP contribution in [0.1, 0.15) is 111 Å². The Balaban J connectivity index is 1.57. The number of aliphatic hydroxyl groups is 1. The van der Waals surface area contributed by atoms with Crippen LogP contribution in [0.15, 0.2) is 35.9 Å². The molecule has 3 amide bonds. The topological polar surface area (TPSA) is 212 Å². The number of halogens is 1. The van der Waals surface area contributed by atoms with Gasteiger partial charge in [-0.3, -0.25) is 19.7 Å². The van der Waals surface area contributed by atoms with E-state index in [0.717, 1.165) is 38.3 Å². The van der Waals surface area contributed by atoms with Gasteiger partial charge in [0.1, 0.15) is 50.1 Å². The van der Waals surface area contributed by atoms with Crippen LogP contribution in [0.5, 0.6) is 0 Å². The molecule has 0 spiro atoms. The second kappa shape index (κ2) is 21.0. The Morgan fingerprint density at radius 3 is 2.49 bits per heavy atom. The Morgan fingerprint density at radius 2 is 1.86 bits per heavy atom. The molecule has 0 aliphatic carbocycles. The van der Waals surface area contributed by atoms with Crippen LogP contribution >= 0.6 is 33.2 Å². The largest absolute Gasteiger partial charge is 0.747 e. The molecule has 3 heterocycles. The van der Waals surface area contributed by atoms with Crippen LogP contribution in [0.3, 0.4) is 0 Å². The number of epoxide rings is 1. The minimum absolute atomic E-state index is 0.0238. The molecule has 1 aromatic rings. The summed E-state index contributed by atoms with van der Waals surface area (Å²) in [6.45, 7) is 15.9. The first-order chi connectivity index (χ1) is 29.1. The molecule has 352 valence electrons. The van der Waals surface area contributed by atoms with Crippen LogP contribution in [0.2, 0.25) is 5.02 Å². The number of benzene rings is 1. The molecule has 2 unspecified atom stereocenters. The zero-order valence-electron chi connectivity index (χ0n) is 38.0. The van der Waals surface area contributed by atoms with Gasteiger partial charge in [0, 0.05) is 56.4 Å². The summed E-state index contributed by atoms with van der Waals surface area (Å²) >= 11 is 6.80.